The minimum atomic E-state index is -1.31. The summed E-state index contributed by atoms with van der Waals surface area (Å²) >= 11 is 0. The van der Waals surface area contributed by atoms with Crippen LogP contribution in [0.1, 0.15) is 26.7 Å². The summed E-state index contributed by atoms with van der Waals surface area (Å²) in [6.07, 6.45) is 1.82. The Kier molecular flexibility index (Phi) is 3.82. The fraction of sp³-hybridized carbons (Fsp3) is 0.625. The number of carbonyl (C=O) groups excluding carboxylic acids is 1. The highest BCUT2D eigenvalue weighted by molar-refractivity contribution is 5.81. The lowest BCUT2D eigenvalue weighted by molar-refractivity contribution is -0.206. The second-order valence-electron chi connectivity index (χ2n) is 2.28. The lowest BCUT2D eigenvalue weighted by Gasteiger charge is -2.23. The minimum Gasteiger partial charge on any atom is -0.430 e. The van der Waals surface area contributed by atoms with Crippen molar-refractivity contribution in [3.63, 3.8) is 0 Å². The molecule has 0 aromatic carbocycles. The van der Waals surface area contributed by atoms with E-state index in [9.17, 15) is 9.90 Å². The molecule has 0 atom stereocenters. The Balaban J connectivity index is 4.06. The Morgan fingerprint density at radius 2 is 2.09 bits per heavy atom. The molecule has 0 saturated heterocycles. The maximum Gasteiger partial charge on any atom is 0.332 e. The molecule has 64 valence electrons. The summed E-state index contributed by atoms with van der Waals surface area (Å²) in [5.74, 6) is -1.90. The normalized spacial score (nSPS) is 10.8. The first kappa shape index (κ1) is 10.2. The van der Waals surface area contributed by atoms with E-state index >= 15 is 0 Å². The summed E-state index contributed by atoms with van der Waals surface area (Å²) in [7, 11) is 0. The number of hydrogen-bond donors (Lipinski definition) is 1. The maximum absolute atomic E-state index is 10.6. The summed E-state index contributed by atoms with van der Waals surface area (Å²) in [6.45, 7) is 6.73. The van der Waals surface area contributed by atoms with Gasteiger partial charge in [-0.05, 0) is 0 Å². The fourth-order valence-corrected chi connectivity index (χ4v) is 0.623. The highest BCUT2D eigenvalue weighted by Crippen LogP contribution is 2.16. The zero-order chi connectivity index (χ0) is 8.91. The quantitative estimate of drug-likeness (QED) is 0.380. The van der Waals surface area contributed by atoms with Gasteiger partial charge in [-0.15, -0.1) is 0 Å². The third kappa shape index (κ3) is 3.18. The average Bonchev–Trinajstić information content (AvgIpc) is 2.04. The molecule has 0 amide bonds. The van der Waals surface area contributed by atoms with Crippen molar-refractivity contribution < 1.29 is 14.6 Å². The number of rotatable bonds is 4. The largest absolute Gasteiger partial charge is 0.430 e. The molecule has 3 nitrogen and oxygen atoms in total. The smallest absolute Gasteiger partial charge is 0.332 e. The molecular weight excluding hydrogens is 144 g/mol. The first-order chi connectivity index (χ1) is 5.08. The van der Waals surface area contributed by atoms with Crippen LogP contribution >= 0.6 is 0 Å². The molecule has 0 spiro atoms. The molecule has 0 rings (SSSR count). The monoisotopic (exact) mass is 158 g/mol. The van der Waals surface area contributed by atoms with E-state index in [2.05, 4.69) is 11.3 Å². The standard InChI is InChI=1S/C8H14O3/c1-4-7(9)11-8(10,5-2)6-3/h4,10H,1,5-6H2,2-3H3. The molecule has 0 aliphatic carbocycles. The van der Waals surface area contributed by atoms with Crippen LogP contribution in [0.4, 0.5) is 0 Å². The molecule has 0 unspecified atom stereocenters. The van der Waals surface area contributed by atoms with Crippen molar-refractivity contribution >= 4 is 5.97 Å². The zero-order valence-electron chi connectivity index (χ0n) is 6.96. The van der Waals surface area contributed by atoms with Gasteiger partial charge in [-0.1, -0.05) is 20.4 Å². The summed E-state index contributed by atoms with van der Waals surface area (Å²) < 4.78 is 4.68. The van der Waals surface area contributed by atoms with E-state index in [1.165, 1.54) is 0 Å². The molecule has 0 aliphatic rings. The Morgan fingerprint density at radius 1 is 1.64 bits per heavy atom. The van der Waals surface area contributed by atoms with Crippen molar-refractivity contribution in [3.8, 4) is 0 Å². The fourth-order valence-electron chi connectivity index (χ4n) is 0.623. The van der Waals surface area contributed by atoms with E-state index in [4.69, 9.17) is 0 Å². The van der Waals surface area contributed by atoms with E-state index in [-0.39, 0.29) is 0 Å². The highest BCUT2D eigenvalue weighted by Gasteiger charge is 2.25. The minimum absolute atomic E-state index is 0.392. The molecule has 0 fully saturated rings. The molecular formula is C8H14O3. The van der Waals surface area contributed by atoms with Gasteiger partial charge in [-0.25, -0.2) is 4.79 Å². The number of carbonyl (C=O) groups is 1. The Bertz CT molecular complexity index is 147. The van der Waals surface area contributed by atoms with Gasteiger partial charge in [0.2, 0.25) is 5.79 Å². The van der Waals surface area contributed by atoms with Gasteiger partial charge >= 0.3 is 5.97 Å². The van der Waals surface area contributed by atoms with Crippen molar-refractivity contribution in [2.75, 3.05) is 0 Å². The van der Waals surface area contributed by atoms with E-state index in [1.54, 1.807) is 13.8 Å². The van der Waals surface area contributed by atoms with E-state index in [1.807, 2.05) is 0 Å². The van der Waals surface area contributed by atoms with Gasteiger partial charge in [-0.2, -0.15) is 0 Å². The maximum atomic E-state index is 10.6. The van der Waals surface area contributed by atoms with Crippen molar-refractivity contribution in [1.29, 1.82) is 0 Å². The van der Waals surface area contributed by atoms with Gasteiger partial charge in [0.15, 0.2) is 0 Å². The molecule has 0 heterocycles. The van der Waals surface area contributed by atoms with Gasteiger partial charge in [-0.3, -0.25) is 0 Å². The van der Waals surface area contributed by atoms with Gasteiger partial charge < -0.3 is 9.84 Å². The van der Waals surface area contributed by atoms with Crippen molar-refractivity contribution in [3.05, 3.63) is 12.7 Å². The van der Waals surface area contributed by atoms with Crippen LogP contribution < -0.4 is 0 Å². The van der Waals surface area contributed by atoms with Crippen molar-refractivity contribution in [1.82, 2.24) is 0 Å². The zero-order valence-corrected chi connectivity index (χ0v) is 6.96. The molecule has 0 aromatic heterocycles. The number of ether oxygens (including phenoxy) is 1. The van der Waals surface area contributed by atoms with Crippen LogP contribution in [0.25, 0.3) is 0 Å². The third-order valence-electron chi connectivity index (χ3n) is 1.56. The number of hydrogen-bond acceptors (Lipinski definition) is 3. The van der Waals surface area contributed by atoms with Crippen LogP contribution in [0, 0.1) is 0 Å². The SMILES string of the molecule is C=CC(=O)OC(O)(CC)CC. The van der Waals surface area contributed by atoms with E-state index < -0.39 is 11.8 Å². The highest BCUT2D eigenvalue weighted by atomic mass is 16.7. The Labute approximate surface area is 66.7 Å². The predicted molar refractivity (Wildman–Crippen MR) is 41.8 cm³/mol. The molecule has 0 radical (unpaired) electrons. The third-order valence-corrected chi connectivity index (χ3v) is 1.56. The van der Waals surface area contributed by atoms with Gasteiger partial charge in [0.05, 0.1) is 0 Å². The summed E-state index contributed by atoms with van der Waals surface area (Å²) in [5, 5.41) is 9.44. The van der Waals surface area contributed by atoms with Gasteiger partial charge in [0, 0.05) is 18.9 Å². The van der Waals surface area contributed by atoms with Gasteiger partial charge in [0.1, 0.15) is 0 Å². The lowest BCUT2D eigenvalue weighted by atomic mass is 10.1. The second-order valence-corrected chi connectivity index (χ2v) is 2.28. The summed E-state index contributed by atoms with van der Waals surface area (Å²) in [6, 6.07) is 0. The van der Waals surface area contributed by atoms with Crippen LogP contribution in [0.5, 0.6) is 0 Å². The Morgan fingerprint density at radius 3 is 2.36 bits per heavy atom. The van der Waals surface area contributed by atoms with Crippen LogP contribution in [-0.4, -0.2) is 16.9 Å². The van der Waals surface area contributed by atoms with E-state index in [0.717, 1.165) is 6.08 Å². The lowest BCUT2D eigenvalue weighted by Crippen LogP contribution is -2.32. The van der Waals surface area contributed by atoms with Crippen LogP contribution in [0.15, 0.2) is 12.7 Å². The number of aliphatic hydroxyl groups is 1. The van der Waals surface area contributed by atoms with Crippen LogP contribution in [0.3, 0.4) is 0 Å². The molecule has 3 heteroatoms. The van der Waals surface area contributed by atoms with Crippen LogP contribution in [-0.2, 0) is 9.53 Å². The average molecular weight is 158 g/mol. The predicted octanol–water partition coefficient (Wildman–Crippen LogP) is 1.22. The van der Waals surface area contributed by atoms with Crippen LogP contribution in [0.2, 0.25) is 0 Å². The molecule has 0 aromatic rings. The summed E-state index contributed by atoms with van der Waals surface area (Å²) in [4.78, 5) is 10.6. The first-order valence-electron chi connectivity index (χ1n) is 3.65. The Hall–Kier alpha value is -0.830. The number of esters is 1. The van der Waals surface area contributed by atoms with E-state index in [0.29, 0.717) is 12.8 Å². The second kappa shape index (κ2) is 4.13. The van der Waals surface area contributed by atoms with Gasteiger partial charge in [0.25, 0.3) is 0 Å². The topological polar surface area (TPSA) is 46.5 Å². The van der Waals surface area contributed by atoms with Crippen molar-refractivity contribution in [2.45, 2.75) is 32.5 Å². The molecule has 0 saturated carbocycles. The molecule has 1 N–H and O–H groups in total. The molecule has 11 heavy (non-hydrogen) atoms. The van der Waals surface area contributed by atoms with Crippen molar-refractivity contribution in [2.24, 2.45) is 0 Å². The summed E-state index contributed by atoms with van der Waals surface area (Å²) in [5.41, 5.74) is 0. The first-order valence-corrected chi connectivity index (χ1v) is 3.65. The molecule has 0 aliphatic heterocycles. The molecule has 0 bridgehead atoms.